The largest absolute Gasteiger partial charge is 0.444 e. The maximum Gasteiger partial charge on any atom is 0.410 e. The molecule has 0 radical (unpaired) electrons. The number of ether oxygens (including phenoxy) is 1. The highest BCUT2D eigenvalue weighted by Crippen LogP contribution is 2.47. The minimum atomic E-state index is -3.88. The molecule has 2 aromatic carbocycles. The fourth-order valence-electron chi connectivity index (χ4n) is 7.33. The van der Waals surface area contributed by atoms with Crippen LogP contribution in [0.25, 0.3) is 0 Å². The summed E-state index contributed by atoms with van der Waals surface area (Å²) < 4.78 is 47.9. The van der Waals surface area contributed by atoms with Crippen LogP contribution in [0.4, 0.5) is 14.9 Å². The molecule has 5 atom stereocenters. The first-order valence-corrected chi connectivity index (χ1v) is 19.7. The summed E-state index contributed by atoms with van der Waals surface area (Å²) in [5, 5.41) is 15.2. The molecular formula is C38H47FN6O7S. The average Bonchev–Trinajstić information content (AvgIpc) is 4.01. The Labute approximate surface area is 309 Å². The van der Waals surface area contributed by atoms with E-state index in [2.05, 4.69) is 21.4 Å². The van der Waals surface area contributed by atoms with E-state index in [0.717, 1.165) is 5.56 Å². The van der Waals surface area contributed by atoms with Crippen molar-refractivity contribution in [1.29, 1.82) is 5.26 Å². The Balaban J connectivity index is 1.24. The molecule has 2 saturated carbocycles. The number of amides is 4. The Morgan fingerprint density at radius 1 is 1.11 bits per heavy atom. The third-order valence-electron chi connectivity index (χ3n) is 11.0. The molecule has 2 heterocycles. The van der Waals surface area contributed by atoms with Gasteiger partial charge in [0.15, 0.2) is 0 Å². The first-order valence-electron chi connectivity index (χ1n) is 18.2. The predicted octanol–water partition coefficient (Wildman–Crippen LogP) is 4.08. The molecule has 3 N–H and O–H groups in total. The molecule has 0 spiro atoms. The number of hydrogen-bond acceptors (Lipinski definition) is 9. The van der Waals surface area contributed by atoms with Crippen molar-refractivity contribution >= 4 is 39.5 Å². The van der Waals surface area contributed by atoms with E-state index in [0.29, 0.717) is 36.1 Å². The van der Waals surface area contributed by atoms with Crippen LogP contribution < -0.4 is 15.4 Å². The summed E-state index contributed by atoms with van der Waals surface area (Å²) in [6.07, 6.45) is -0.0506. The standard InChI is InChI=1S/C38H47FN6O7S/c1-6-24-17-38(24,35(48)43-53(50,51)28-13-14-28)42-33(46)31-16-27(52-36(49)44-18-23-9-7-12-30(39)29(23)20-44)19-45(31)34(47)32(22(2)3)41-26-11-8-10-25(15-26)37(4,5)21-40/h7-12,15,22,24,27-28,31-32,41H,6,13-14,16-20H2,1-5H3,(H,42,46)(H,43,48)/t24-,27-,31+,32+,38-/m1/s1. The van der Waals surface area contributed by atoms with Gasteiger partial charge in [-0.3, -0.25) is 24.0 Å². The van der Waals surface area contributed by atoms with Crippen molar-refractivity contribution in [2.45, 2.75) is 114 Å². The summed E-state index contributed by atoms with van der Waals surface area (Å²) in [6.45, 7) is 9.16. The zero-order valence-electron chi connectivity index (χ0n) is 30.6. The fraction of sp³-hybridized carbons (Fsp3) is 0.553. The molecule has 284 valence electrons. The van der Waals surface area contributed by atoms with E-state index >= 15 is 0 Å². The van der Waals surface area contributed by atoms with Crippen LogP contribution in [0.15, 0.2) is 42.5 Å². The maximum absolute atomic E-state index is 14.5. The molecule has 15 heteroatoms. The van der Waals surface area contributed by atoms with E-state index in [4.69, 9.17) is 4.74 Å². The second-order valence-corrected chi connectivity index (χ2v) is 17.6. The molecule has 4 aliphatic rings. The van der Waals surface area contributed by atoms with E-state index in [-0.39, 0.29) is 44.3 Å². The van der Waals surface area contributed by atoms with E-state index < -0.39 is 74.0 Å². The van der Waals surface area contributed by atoms with Crippen LogP contribution in [0, 0.1) is 29.0 Å². The zero-order valence-corrected chi connectivity index (χ0v) is 31.5. The Bertz CT molecular complexity index is 1960. The number of carbonyl (C=O) groups excluding carboxylic acids is 4. The van der Waals surface area contributed by atoms with Crippen molar-refractivity contribution < 1.29 is 36.7 Å². The number of likely N-dealkylation sites (tertiary alicyclic amines) is 1. The number of anilines is 1. The first-order chi connectivity index (χ1) is 25.0. The molecule has 6 rings (SSSR count). The van der Waals surface area contributed by atoms with Gasteiger partial charge in [-0.1, -0.05) is 51.5 Å². The topological polar surface area (TPSA) is 178 Å². The second kappa shape index (κ2) is 14.3. The number of nitriles is 1. The van der Waals surface area contributed by atoms with E-state index in [9.17, 15) is 37.2 Å². The van der Waals surface area contributed by atoms with Crippen molar-refractivity contribution in [3.05, 3.63) is 65.0 Å². The van der Waals surface area contributed by atoms with Crippen LogP contribution in [0.2, 0.25) is 0 Å². The van der Waals surface area contributed by atoms with Gasteiger partial charge in [0.2, 0.25) is 21.8 Å². The van der Waals surface area contributed by atoms with Crippen molar-refractivity contribution in [3.63, 3.8) is 0 Å². The van der Waals surface area contributed by atoms with Gasteiger partial charge < -0.3 is 20.3 Å². The smallest absolute Gasteiger partial charge is 0.410 e. The lowest BCUT2D eigenvalue weighted by Gasteiger charge is -2.32. The maximum atomic E-state index is 14.5. The van der Waals surface area contributed by atoms with Crippen molar-refractivity contribution in [2.24, 2.45) is 11.8 Å². The highest BCUT2D eigenvalue weighted by molar-refractivity contribution is 7.91. The van der Waals surface area contributed by atoms with Gasteiger partial charge >= 0.3 is 6.09 Å². The number of fused-ring (bicyclic) bond motifs is 1. The van der Waals surface area contributed by atoms with Crippen LogP contribution in [-0.4, -0.2) is 77.6 Å². The summed E-state index contributed by atoms with van der Waals surface area (Å²) in [5.74, 6) is -2.93. The molecule has 2 aromatic rings. The number of nitrogens with zero attached hydrogens (tertiary/aromatic N) is 3. The number of sulfonamides is 1. The van der Waals surface area contributed by atoms with Crippen LogP contribution in [0.5, 0.6) is 0 Å². The van der Waals surface area contributed by atoms with E-state index in [1.807, 2.05) is 26.8 Å². The van der Waals surface area contributed by atoms with Gasteiger partial charge in [-0.2, -0.15) is 5.26 Å². The van der Waals surface area contributed by atoms with Crippen molar-refractivity contribution in [2.75, 3.05) is 11.9 Å². The molecule has 2 aliphatic heterocycles. The fourth-order valence-corrected chi connectivity index (χ4v) is 8.70. The summed E-state index contributed by atoms with van der Waals surface area (Å²) in [4.78, 5) is 58.3. The molecule has 3 fully saturated rings. The van der Waals surface area contributed by atoms with Crippen molar-refractivity contribution in [3.8, 4) is 6.07 Å². The Kier molecular flexibility index (Phi) is 10.2. The van der Waals surface area contributed by atoms with E-state index in [1.54, 1.807) is 44.2 Å². The molecule has 53 heavy (non-hydrogen) atoms. The zero-order chi connectivity index (χ0) is 38.5. The van der Waals surface area contributed by atoms with Crippen molar-refractivity contribution in [1.82, 2.24) is 19.8 Å². The monoisotopic (exact) mass is 750 g/mol. The van der Waals surface area contributed by atoms with Crippen LogP contribution in [0.3, 0.4) is 0 Å². The van der Waals surface area contributed by atoms with Gasteiger partial charge in [0.05, 0.1) is 29.8 Å². The Morgan fingerprint density at radius 2 is 1.83 bits per heavy atom. The molecule has 13 nitrogen and oxygen atoms in total. The van der Waals surface area contributed by atoms with Gasteiger partial charge in [-0.15, -0.1) is 0 Å². The Hall–Kier alpha value is -4.71. The molecule has 2 aliphatic carbocycles. The highest BCUT2D eigenvalue weighted by atomic mass is 32.2. The van der Waals surface area contributed by atoms with Crippen LogP contribution in [0.1, 0.15) is 83.4 Å². The van der Waals surface area contributed by atoms with Crippen LogP contribution in [-0.2, 0) is 47.6 Å². The lowest BCUT2D eigenvalue weighted by Crippen LogP contribution is -2.58. The van der Waals surface area contributed by atoms with Gasteiger partial charge in [0.25, 0.3) is 5.91 Å². The SMILES string of the molecule is CC[C@@H]1C[C@]1(NC(=O)[C@@H]1C[C@@H](OC(=O)N2Cc3cccc(F)c3C2)CN1C(=O)[C@@H](Nc1cccc(C(C)(C)C#N)c1)C(C)C)C(=O)NS(=O)(=O)C1CC1. The summed E-state index contributed by atoms with van der Waals surface area (Å²) >= 11 is 0. The third-order valence-corrected chi connectivity index (χ3v) is 12.8. The molecule has 0 aromatic heterocycles. The first kappa shape index (κ1) is 38.0. The lowest BCUT2D eigenvalue weighted by molar-refractivity contribution is -0.140. The number of rotatable bonds is 12. The number of benzene rings is 2. The third kappa shape index (κ3) is 7.69. The molecule has 0 unspecified atom stereocenters. The molecular weight excluding hydrogens is 704 g/mol. The highest BCUT2D eigenvalue weighted by Gasteiger charge is 2.62. The van der Waals surface area contributed by atoms with Gasteiger partial charge in [0.1, 0.15) is 29.5 Å². The Morgan fingerprint density at radius 3 is 2.45 bits per heavy atom. The number of nitrogens with one attached hydrogen (secondary N) is 3. The summed E-state index contributed by atoms with van der Waals surface area (Å²) in [6, 6.07) is 12.1. The molecule has 4 amide bonds. The predicted molar refractivity (Wildman–Crippen MR) is 193 cm³/mol. The number of carbonyl (C=O) groups is 4. The number of halogens is 1. The quantitative estimate of drug-likeness (QED) is 0.289. The summed E-state index contributed by atoms with van der Waals surface area (Å²) in [7, 11) is -3.88. The minimum Gasteiger partial charge on any atom is -0.444 e. The van der Waals surface area contributed by atoms with Gasteiger partial charge in [-0.25, -0.2) is 17.6 Å². The van der Waals surface area contributed by atoms with E-state index in [1.165, 1.54) is 15.9 Å². The lowest BCUT2D eigenvalue weighted by atomic mass is 9.86. The van der Waals surface area contributed by atoms with Gasteiger partial charge in [-0.05, 0) is 74.3 Å². The molecule has 1 saturated heterocycles. The minimum absolute atomic E-state index is 0.0148. The second-order valence-electron chi connectivity index (χ2n) is 15.6. The number of hydrogen-bond donors (Lipinski definition) is 3. The van der Waals surface area contributed by atoms with Gasteiger partial charge in [0, 0.05) is 24.2 Å². The normalized spacial score (nSPS) is 24.2. The van der Waals surface area contributed by atoms with Crippen LogP contribution >= 0.6 is 0 Å². The summed E-state index contributed by atoms with van der Waals surface area (Å²) in [5.41, 5.74) is 0.158. The average molecular weight is 751 g/mol. The molecule has 0 bridgehead atoms.